The predicted octanol–water partition coefficient (Wildman–Crippen LogP) is 3.68. The second-order valence-corrected chi connectivity index (χ2v) is 6.69. The molecular weight excluding hydrogens is 362 g/mol. The number of carbonyl (C=O) groups excluding carboxylic acids is 2. The van der Waals surface area contributed by atoms with Gasteiger partial charge in [0.15, 0.2) is 0 Å². The van der Waals surface area contributed by atoms with E-state index in [4.69, 9.17) is 11.6 Å². The summed E-state index contributed by atoms with van der Waals surface area (Å²) >= 11 is 5.95. The van der Waals surface area contributed by atoms with Crippen LogP contribution in [0.4, 0.5) is 0 Å². The van der Waals surface area contributed by atoms with Gasteiger partial charge in [-0.1, -0.05) is 41.9 Å². The second-order valence-electron chi connectivity index (χ2n) is 6.26. The molecular formula is C21H20ClN3O2. The van der Waals surface area contributed by atoms with Crippen molar-refractivity contribution in [1.82, 2.24) is 15.1 Å². The van der Waals surface area contributed by atoms with E-state index in [9.17, 15) is 9.59 Å². The van der Waals surface area contributed by atoms with Gasteiger partial charge >= 0.3 is 0 Å². The summed E-state index contributed by atoms with van der Waals surface area (Å²) in [6.07, 6.45) is 0.598. The van der Waals surface area contributed by atoms with Crippen molar-refractivity contribution < 1.29 is 9.59 Å². The van der Waals surface area contributed by atoms with E-state index in [0.29, 0.717) is 34.9 Å². The summed E-state index contributed by atoms with van der Waals surface area (Å²) in [5.41, 5.74) is 3.37. The minimum Gasteiger partial charge on any atom is -0.349 e. The molecule has 3 aromatic rings. The van der Waals surface area contributed by atoms with Gasteiger partial charge in [0, 0.05) is 11.6 Å². The maximum Gasteiger partial charge on any atom is 0.292 e. The second kappa shape index (κ2) is 8.18. The Morgan fingerprint density at radius 1 is 1.07 bits per heavy atom. The Balaban J connectivity index is 1.70. The van der Waals surface area contributed by atoms with E-state index in [0.717, 1.165) is 11.3 Å². The molecule has 0 saturated carbocycles. The Bertz CT molecular complexity index is 980. The third kappa shape index (κ3) is 4.26. The third-order valence-corrected chi connectivity index (χ3v) is 4.55. The number of halogens is 1. The Morgan fingerprint density at radius 2 is 1.81 bits per heavy atom. The molecule has 3 rings (SSSR count). The van der Waals surface area contributed by atoms with Crippen LogP contribution in [0.2, 0.25) is 5.02 Å². The molecule has 0 bridgehead atoms. The summed E-state index contributed by atoms with van der Waals surface area (Å²) in [5, 5.41) is 7.75. The number of hydrogen-bond acceptors (Lipinski definition) is 3. The number of ketones is 1. The first-order valence-electron chi connectivity index (χ1n) is 8.66. The molecule has 1 amide bonds. The number of hydrogen-bond donors (Lipinski definition) is 1. The van der Waals surface area contributed by atoms with E-state index in [2.05, 4.69) is 10.4 Å². The Kier molecular flexibility index (Phi) is 5.72. The zero-order valence-electron chi connectivity index (χ0n) is 15.2. The molecule has 5 nitrogen and oxygen atoms in total. The highest BCUT2D eigenvalue weighted by atomic mass is 35.5. The maximum atomic E-state index is 12.6. The number of nitrogens with one attached hydrogen (secondary N) is 1. The number of rotatable bonds is 6. The molecule has 1 N–H and O–H groups in total. The van der Waals surface area contributed by atoms with Gasteiger partial charge in [0.25, 0.3) is 11.7 Å². The Hall–Kier alpha value is -2.92. The lowest BCUT2D eigenvalue weighted by Crippen LogP contribution is -2.33. The topological polar surface area (TPSA) is 64.0 Å². The van der Waals surface area contributed by atoms with Crippen molar-refractivity contribution in [3.05, 3.63) is 82.1 Å². The van der Waals surface area contributed by atoms with Crippen LogP contribution in [0.3, 0.4) is 0 Å². The average Bonchev–Trinajstić information content (AvgIpc) is 2.96. The van der Waals surface area contributed by atoms with Gasteiger partial charge < -0.3 is 5.32 Å². The van der Waals surface area contributed by atoms with Crippen molar-refractivity contribution in [3.8, 4) is 5.69 Å². The van der Waals surface area contributed by atoms with E-state index in [1.807, 2.05) is 48.5 Å². The largest absolute Gasteiger partial charge is 0.349 e. The molecule has 0 radical (unpaired) electrons. The SMILES string of the molecule is Cc1nn(-c2ccccc2)c(C)c1C(=O)C(=O)NCCc1cccc(Cl)c1. The van der Waals surface area contributed by atoms with Crippen LogP contribution in [0.15, 0.2) is 54.6 Å². The molecule has 0 unspecified atom stereocenters. The zero-order valence-corrected chi connectivity index (χ0v) is 16.0. The monoisotopic (exact) mass is 381 g/mol. The molecule has 0 fully saturated rings. The van der Waals surface area contributed by atoms with Crippen LogP contribution in [0.5, 0.6) is 0 Å². The molecule has 2 aromatic carbocycles. The highest BCUT2D eigenvalue weighted by Crippen LogP contribution is 2.18. The number of aromatic nitrogens is 2. The molecule has 1 aromatic heterocycles. The fraction of sp³-hybridized carbons (Fsp3) is 0.190. The lowest BCUT2D eigenvalue weighted by atomic mass is 10.1. The van der Waals surface area contributed by atoms with E-state index in [1.165, 1.54) is 0 Å². The van der Waals surface area contributed by atoms with E-state index in [1.54, 1.807) is 24.6 Å². The van der Waals surface area contributed by atoms with Crippen molar-refractivity contribution in [2.24, 2.45) is 0 Å². The van der Waals surface area contributed by atoms with Gasteiger partial charge in [-0.3, -0.25) is 9.59 Å². The quantitative estimate of drug-likeness (QED) is 0.523. The van der Waals surface area contributed by atoms with Crippen LogP contribution in [-0.4, -0.2) is 28.0 Å². The number of Topliss-reactive ketones (excluding diaryl/α,β-unsaturated/α-hetero) is 1. The number of aryl methyl sites for hydroxylation is 1. The lowest BCUT2D eigenvalue weighted by Gasteiger charge is -2.06. The van der Waals surface area contributed by atoms with Crippen LogP contribution >= 0.6 is 11.6 Å². The molecule has 138 valence electrons. The normalized spacial score (nSPS) is 10.6. The highest BCUT2D eigenvalue weighted by molar-refractivity contribution is 6.43. The fourth-order valence-corrected chi connectivity index (χ4v) is 3.21. The maximum absolute atomic E-state index is 12.6. The van der Waals surface area contributed by atoms with Crippen LogP contribution in [0, 0.1) is 13.8 Å². The number of carbonyl (C=O) groups is 2. The van der Waals surface area contributed by atoms with Gasteiger partial charge in [0.1, 0.15) is 0 Å². The van der Waals surface area contributed by atoms with Gasteiger partial charge in [-0.2, -0.15) is 5.10 Å². The minimum atomic E-state index is -0.629. The summed E-state index contributed by atoms with van der Waals surface area (Å²) < 4.78 is 1.68. The number of amides is 1. The van der Waals surface area contributed by atoms with E-state index < -0.39 is 11.7 Å². The third-order valence-electron chi connectivity index (χ3n) is 4.31. The molecule has 0 atom stereocenters. The summed E-state index contributed by atoms with van der Waals surface area (Å²) in [5.74, 6) is -1.20. The van der Waals surface area contributed by atoms with Crippen LogP contribution < -0.4 is 5.32 Å². The fourth-order valence-electron chi connectivity index (χ4n) is 3.00. The van der Waals surface area contributed by atoms with Crippen LogP contribution in [-0.2, 0) is 11.2 Å². The van der Waals surface area contributed by atoms with Gasteiger partial charge in [0.05, 0.1) is 22.6 Å². The number of nitrogens with zero attached hydrogens (tertiary/aromatic N) is 2. The number of para-hydroxylation sites is 1. The molecule has 1 heterocycles. The van der Waals surface area contributed by atoms with Crippen LogP contribution in [0.25, 0.3) is 5.69 Å². The van der Waals surface area contributed by atoms with Crippen molar-refractivity contribution in [2.75, 3.05) is 6.54 Å². The van der Waals surface area contributed by atoms with Crippen molar-refractivity contribution in [1.29, 1.82) is 0 Å². The summed E-state index contributed by atoms with van der Waals surface area (Å²) in [6.45, 7) is 3.88. The lowest BCUT2D eigenvalue weighted by molar-refractivity contribution is -0.116. The van der Waals surface area contributed by atoms with Crippen LogP contribution in [0.1, 0.15) is 27.3 Å². The van der Waals surface area contributed by atoms with Crippen molar-refractivity contribution in [3.63, 3.8) is 0 Å². The van der Waals surface area contributed by atoms with Crippen molar-refractivity contribution in [2.45, 2.75) is 20.3 Å². The minimum absolute atomic E-state index is 0.346. The first-order chi connectivity index (χ1) is 13.0. The molecule has 0 aliphatic rings. The Labute approximate surface area is 163 Å². The Morgan fingerprint density at radius 3 is 2.52 bits per heavy atom. The smallest absolute Gasteiger partial charge is 0.292 e. The van der Waals surface area contributed by atoms with Gasteiger partial charge in [0.2, 0.25) is 0 Å². The van der Waals surface area contributed by atoms with Gasteiger partial charge in [-0.25, -0.2) is 4.68 Å². The zero-order chi connectivity index (χ0) is 19.4. The van der Waals surface area contributed by atoms with Crippen molar-refractivity contribution >= 4 is 23.3 Å². The van der Waals surface area contributed by atoms with E-state index >= 15 is 0 Å². The molecule has 0 spiro atoms. The standard InChI is InChI=1S/C21H20ClN3O2/c1-14-19(15(2)25(24-14)18-9-4-3-5-10-18)20(26)21(27)23-12-11-16-7-6-8-17(22)13-16/h3-10,13H,11-12H2,1-2H3,(H,23,27). The summed E-state index contributed by atoms with van der Waals surface area (Å²) in [4.78, 5) is 25.0. The summed E-state index contributed by atoms with van der Waals surface area (Å²) in [7, 11) is 0. The van der Waals surface area contributed by atoms with Gasteiger partial charge in [-0.15, -0.1) is 0 Å². The van der Waals surface area contributed by atoms with Gasteiger partial charge in [-0.05, 0) is 50.1 Å². The van der Waals surface area contributed by atoms with E-state index in [-0.39, 0.29) is 0 Å². The predicted molar refractivity (Wildman–Crippen MR) is 106 cm³/mol. The molecule has 0 saturated heterocycles. The number of benzene rings is 2. The molecule has 6 heteroatoms. The molecule has 27 heavy (non-hydrogen) atoms. The molecule has 0 aliphatic carbocycles. The first-order valence-corrected chi connectivity index (χ1v) is 9.04. The average molecular weight is 382 g/mol. The highest BCUT2D eigenvalue weighted by Gasteiger charge is 2.24. The summed E-state index contributed by atoms with van der Waals surface area (Å²) in [6, 6.07) is 16.9. The first kappa shape index (κ1) is 18.9. The molecule has 0 aliphatic heterocycles.